The number of allylic oxidation sites excluding steroid dienone is 4. The summed E-state index contributed by atoms with van der Waals surface area (Å²) in [5.74, 6) is 0. The molecule has 0 saturated carbocycles. The minimum atomic E-state index is -4.46. The average Bonchev–Trinajstić information content (AvgIpc) is 2.33. The highest BCUT2D eigenvalue weighted by Gasteiger charge is 2.36. The number of benzene rings is 1. The Hall–Kier alpha value is -1.81. The van der Waals surface area contributed by atoms with Crippen molar-refractivity contribution in [2.24, 2.45) is 0 Å². The maximum absolute atomic E-state index is 13.1. The van der Waals surface area contributed by atoms with Crippen LogP contribution in [0.1, 0.15) is 12.0 Å². The lowest BCUT2D eigenvalue weighted by atomic mass is 9.93. The van der Waals surface area contributed by atoms with Gasteiger partial charge in [-0.15, -0.1) is 0 Å². The molecule has 0 saturated heterocycles. The van der Waals surface area contributed by atoms with Crippen molar-refractivity contribution in [3.63, 3.8) is 0 Å². The van der Waals surface area contributed by atoms with Crippen LogP contribution in [0.2, 0.25) is 0 Å². The fourth-order valence-electron chi connectivity index (χ4n) is 1.94. The number of aliphatic hydroxyl groups excluding tert-OH is 1. The van der Waals surface area contributed by atoms with Crippen molar-refractivity contribution < 1.29 is 18.3 Å². The summed E-state index contributed by atoms with van der Waals surface area (Å²) in [6.45, 7) is 0. The Morgan fingerprint density at radius 3 is 2.42 bits per heavy atom. The molecular weight excluding hydrogens is 253 g/mol. The van der Waals surface area contributed by atoms with Gasteiger partial charge in [0.15, 0.2) is 0 Å². The van der Waals surface area contributed by atoms with Crippen LogP contribution in [0.5, 0.6) is 0 Å². The smallest absolute Gasteiger partial charge is 0.389 e. The van der Waals surface area contributed by atoms with Crippen LogP contribution in [0.3, 0.4) is 0 Å². The van der Waals surface area contributed by atoms with Gasteiger partial charge in [-0.25, -0.2) is 0 Å². The van der Waals surface area contributed by atoms with Crippen LogP contribution < -0.4 is 0 Å². The van der Waals surface area contributed by atoms with Gasteiger partial charge >= 0.3 is 6.18 Å². The zero-order chi connectivity index (χ0) is 13.9. The van der Waals surface area contributed by atoms with Crippen LogP contribution in [-0.2, 0) is 0 Å². The normalized spacial score (nSPS) is 20.3. The van der Waals surface area contributed by atoms with Crippen molar-refractivity contribution >= 4 is 5.57 Å². The third kappa shape index (κ3) is 3.35. The Kier molecular flexibility index (Phi) is 3.90. The number of hydrogen-bond donors (Lipinski definition) is 1. The highest BCUT2D eigenvalue weighted by atomic mass is 19.4. The lowest BCUT2D eigenvalue weighted by Gasteiger charge is -2.18. The van der Waals surface area contributed by atoms with Gasteiger partial charge in [0.1, 0.15) is 0 Å². The highest BCUT2D eigenvalue weighted by Crippen LogP contribution is 2.37. The summed E-state index contributed by atoms with van der Waals surface area (Å²) < 4.78 is 39.3. The molecule has 1 N–H and O–H groups in total. The van der Waals surface area contributed by atoms with Crippen LogP contribution in [-0.4, -0.2) is 17.4 Å². The van der Waals surface area contributed by atoms with Crippen molar-refractivity contribution in [1.29, 1.82) is 0 Å². The van der Waals surface area contributed by atoms with E-state index in [2.05, 4.69) is 0 Å². The van der Waals surface area contributed by atoms with E-state index in [0.29, 0.717) is 12.0 Å². The lowest BCUT2D eigenvalue weighted by Crippen LogP contribution is -2.16. The number of hydrogen-bond acceptors (Lipinski definition) is 1. The van der Waals surface area contributed by atoms with E-state index in [1.54, 1.807) is 30.3 Å². The maximum Gasteiger partial charge on any atom is 0.416 e. The van der Waals surface area contributed by atoms with Crippen molar-refractivity contribution in [2.45, 2.75) is 18.7 Å². The minimum absolute atomic E-state index is 0.0185. The van der Waals surface area contributed by atoms with Gasteiger partial charge in [0.05, 0.1) is 11.7 Å². The lowest BCUT2D eigenvalue weighted by molar-refractivity contribution is -0.0871. The topological polar surface area (TPSA) is 20.2 Å². The maximum atomic E-state index is 13.1. The van der Waals surface area contributed by atoms with E-state index in [1.807, 2.05) is 0 Å². The van der Waals surface area contributed by atoms with Gasteiger partial charge in [-0.05, 0) is 29.7 Å². The van der Waals surface area contributed by atoms with Crippen molar-refractivity contribution in [1.82, 2.24) is 0 Å². The SMILES string of the molecule is O[C@@H]1C=C(c2ccccc2)C(C(F)(F)F)=CC=CC1. The van der Waals surface area contributed by atoms with E-state index in [4.69, 9.17) is 0 Å². The zero-order valence-electron chi connectivity index (χ0n) is 10.1. The summed E-state index contributed by atoms with van der Waals surface area (Å²) in [4.78, 5) is 0. The van der Waals surface area contributed by atoms with Crippen LogP contribution >= 0.6 is 0 Å². The molecule has 0 radical (unpaired) electrons. The molecule has 1 aliphatic carbocycles. The molecule has 0 aliphatic heterocycles. The van der Waals surface area contributed by atoms with Gasteiger partial charge in [-0.1, -0.05) is 42.5 Å². The molecule has 0 aromatic heterocycles. The minimum Gasteiger partial charge on any atom is -0.389 e. The predicted molar refractivity (Wildman–Crippen MR) is 68.3 cm³/mol. The van der Waals surface area contributed by atoms with Gasteiger partial charge in [0, 0.05) is 0 Å². The molecular formula is C15H13F3O. The van der Waals surface area contributed by atoms with Gasteiger partial charge < -0.3 is 5.11 Å². The Balaban J connectivity index is 2.56. The molecule has 2 rings (SSSR count). The van der Waals surface area contributed by atoms with Crippen molar-refractivity contribution in [2.75, 3.05) is 0 Å². The Labute approximate surface area is 109 Å². The molecule has 0 unspecified atom stereocenters. The largest absolute Gasteiger partial charge is 0.416 e. The first-order valence-corrected chi connectivity index (χ1v) is 5.88. The monoisotopic (exact) mass is 266 g/mol. The quantitative estimate of drug-likeness (QED) is 0.817. The second-order valence-electron chi connectivity index (χ2n) is 4.26. The van der Waals surface area contributed by atoms with Gasteiger partial charge in [-0.2, -0.15) is 13.2 Å². The molecule has 0 spiro atoms. The number of halogens is 3. The van der Waals surface area contributed by atoms with E-state index < -0.39 is 17.9 Å². The summed E-state index contributed by atoms with van der Waals surface area (Å²) in [6.07, 6.45) is 0.0955. The van der Waals surface area contributed by atoms with Gasteiger partial charge in [0.25, 0.3) is 0 Å². The summed E-state index contributed by atoms with van der Waals surface area (Å²) in [5.41, 5.74) is -0.279. The van der Waals surface area contributed by atoms with E-state index in [1.165, 1.54) is 18.2 Å². The third-order valence-electron chi connectivity index (χ3n) is 2.82. The summed E-state index contributed by atoms with van der Waals surface area (Å²) >= 11 is 0. The second-order valence-corrected chi connectivity index (χ2v) is 4.26. The van der Waals surface area contributed by atoms with E-state index in [0.717, 1.165) is 6.08 Å². The number of alkyl halides is 3. The first kappa shape index (κ1) is 13.6. The first-order chi connectivity index (χ1) is 8.98. The van der Waals surface area contributed by atoms with Crippen molar-refractivity contribution in [3.05, 3.63) is 65.8 Å². The summed E-state index contributed by atoms with van der Waals surface area (Å²) in [5, 5.41) is 9.71. The fraction of sp³-hybridized carbons (Fsp3) is 0.200. The number of aliphatic hydroxyl groups is 1. The standard InChI is InChI=1S/C15H13F3O/c16-15(17,18)14-9-5-4-8-12(19)10-13(14)11-6-2-1-3-7-11/h1-7,9-10,12,19H,8H2/t12-/m0/s1. The van der Waals surface area contributed by atoms with Gasteiger partial charge in [-0.3, -0.25) is 0 Å². The van der Waals surface area contributed by atoms with Crippen LogP contribution in [0.4, 0.5) is 13.2 Å². The highest BCUT2D eigenvalue weighted by molar-refractivity contribution is 5.81. The fourth-order valence-corrected chi connectivity index (χ4v) is 1.94. The molecule has 1 nitrogen and oxygen atoms in total. The zero-order valence-corrected chi connectivity index (χ0v) is 10.1. The summed E-state index contributed by atoms with van der Waals surface area (Å²) in [7, 11) is 0. The molecule has 0 heterocycles. The molecule has 19 heavy (non-hydrogen) atoms. The van der Waals surface area contributed by atoms with Crippen LogP contribution in [0.15, 0.2) is 60.2 Å². The van der Waals surface area contributed by atoms with E-state index in [-0.39, 0.29) is 5.57 Å². The Morgan fingerprint density at radius 1 is 1.11 bits per heavy atom. The Bertz CT molecular complexity index is 524. The molecule has 1 aliphatic rings. The first-order valence-electron chi connectivity index (χ1n) is 5.88. The van der Waals surface area contributed by atoms with E-state index >= 15 is 0 Å². The summed E-state index contributed by atoms with van der Waals surface area (Å²) in [6, 6.07) is 8.28. The molecule has 0 amide bonds. The molecule has 100 valence electrons. The molecule has 1 atom stereocenters. The second kappa shape index (κ2) is 5.45. The predicted octanol–water partition coefficient (Wildman–Crippen LogP) is 3.88. The molecule has 1 aromatic carbocycles. The Morgan fingerprint density at radius 2 is 1.79 bits per heavy atom. The molecule has 4 heteroatoms. The molecule has 0 bridgehead atoms. The third-order valence-corrected chi connectivity index (χ3v) is 2.82. The van der Waals surface area contributed by atoms with E-state index in [9.17, 15) is 18.3 Å². The average molecular weight is 266 g/mol. The van der Waals surface area contributed by atoms with Gasteiger partial charge in [0.2, 0.25) is 0 Å². The van der Waals surface area contributed by atoms with Crippen LogP contribution in [0.25, 0.3) is 5.57 Å². The number of rotatable bonds is 1. The van der Waals surface area contributed by atoms with Crippen LogP contribution in [0, 0.1) is 0 Å². The van der Waals surface area contributed by atoms with Crippen molar-refractivity contribution in [3.8, 4) is 0 Å². The molecule has 0 fully saturated rings. The molecule has 1 aromatic rings.